The molecule has 4 nitrogen and oxygen atoms in total. The number of nitrogens with one attached hydrogen (secondary N) is 1. The highest BCUT2D eigenvalue weighted by atomic mass is 35.5. The van der Waals surface area contributed by atoms with Crippen LogP contribution >= 0.6 is 11.6 Å². The van der Waals surface area contributed by atoms with Crippen LogP contribution in [0.25, 0.3) is 0 Å². The van der Waals surface area contributed by atoms with Crippen molar-refractivity contribution in [3.05, 3.63) is 52.5 Å². The highest BCUT2D eigenvalue weighted by molar-refractivity contribution is 7.92. The number of aryl methyl sites for hydroxylation is 1. The van der Waals surface area contributed by atoms with E-state index in [-0.39, 0.29) is 4.90 Å². The van der Waals surface area contributed by atoms with Crippen LogP contribution in [0.2, 0.25) is 5.02 Å². The molecule has 0 aromatic heterocycles. The van der Waals surface area contributed by atoms with E-state index >= 15 is 0 Å². The molecule has 6 heteroatoms. The predicted molar refractivity (Wildman–Crippen MR) is 82.6 cm³/mol. The Morgan fingerprint density at radius 3 is 2.50 bits per heavy atom. The number of nitrogens with two attached hydrogens (primary N) is 1. The van der Waals surface area contributed by atoms with E-state index < -0.39 is 10.0 Å². The molecule has 0 saturated heterocycles. The summed E-state index contributed by atoms with van der Waals surface area (Å²) < 4.78 is 27.1. The minimum absolute atomic E-state index is 0.114. The fraction of sp³-hybridized carbons (Fsp3) is 0.143. The molecular weight excluding hydrogens is 296 g/mol. The van der Waals surface area contributed by atoms with Gasteiger partial charge in [0.2, 0.25) is 0 Å². The molecule has 0 spiro atoms. The molecule has 20 heavy (non-hydrogen) atoms. The highest BCUT2D eigenvalue weighted by Gasteiger charge is 2.16. The third kappa shape index (κ3) is 2.89. The first-order valence-electron chi connectivity index (χ1n) is 5.95. The molecule has 2 rings (SSSR count). The Bertz CT molecular complexity index is 758. The van der Waals surface area contributed by atoms with Gasteiger partial charge in [-0.3, -0.25) is 4.72 Å². The summed E-state index contributed by atoms with van der Waals surface area (Å²) in [6.07, 6.45) is 0. The van der Waals surface area contributed by atoms with Gasteiger partial charge in [-0.05, 0) is 49.2 Å². The van der Waals surface area contributed by atoms with E-state index in [0.717, 1.165) is 5.56 Å². The largest absolute Gasteiger partial charge is 0.398 e. The van der Waals surface area contributed by atoms with Gasteiger partial charge in [0, 0.05) is 10.7 Å². The average molecular weight is 311 g/mol. The molecule has 3 N–H and O–H groups in total. The van der Waals surface area contributed by atoms with Gasteiger partial charge in [-0.15, -0.1) is 0 Å². The van der Waals surface area contributed by atoms with Gasteiger partial charge in [-0.1, -0.05) is 23.7 Å². The van der Waals surface area contributed by atoms with E-state index in [2.05, 4.69) is 4.72 Å². The van der Waals surface area contributed by atoms with Crippen molar-refractivity contribution in [2.24, 2.45) is 0 Å². The molecule has 0 aliphatic carbocycles. The second kappa shape index (κ2) is 5.34. The summed E-state index contributed by atoms with van der Waals surface area (Å²) in [5.74, 6) is 0. The molecule has 2 aromatic carbocycles. The van der Waals surface area contributed by atoms with Crippen molar-refractivity contribution in [3.63, 3.8) is 0 Å². The number of hydrogen-bond donors (Lipinski definition) is 2. The van der Waals surface area contributed by atoms with Gasteiger partial charge in [0.15, 0.2) is 0 Å². The number of benzene rings is 2. The lowest BCUT2D eigenvalue weighted by Gasteiger charge is -2.13. The van der Waals surface area contributed by atoms with Gasteiger partial charge in [0.1, 0.15) is 0 Å². The van der Waals surface area contributed by atoms with E-state index in [1.165, 1.54) is 12.1 Å². The zero-order valence-electron chi connectivity index (χ0n) is 11.1. The van der Waals surface area contributed by atoms with E-state index in [1.807, 2.05) is 6.92 Å². The fourth-order valence-electron chi connectivity index (χ4n) is 1.81. The molecule has 0 heterocycles. The number of sulfonamides is 1. The predicted octanol–water partition coefficient (Wildman–Crippen LogP) is 3.34. The average Bonchev–Trinajstić information content (AvgIpc) is 2.39. The summed E-state index contributed by atoms with van der Waals surface area (Å²) in [7, 11) is -3.68. The van der Waals surface area contributed by atoms with Crippen LogP contribution in [0.3, 0.4) is 0 Å². The molecule has 0 aliphatic heterocycles. The van der Waals surface area contributed by atoms with Crippen molar-refractivity contribution in [1.82, 2.24) is 0 Å². The molecule has 0 fully saturated rings. The Morgan fingerprint density at radius 2 is 1.85 bits per heavy atom. The topological polar surface area (TPSA) is 72.2 Å². The van der Waals surface area contributed by atoms with Crippen LogP contribution in [0.4, 0.5) is 11.4 Å². The molecule has 2 aromatic rings. The summed E-state index contributed by atoms with van der Waals surface area (Å²) in [5, 5.41) is 0.369. The van der Waals surface area contributed by atoms with Crippen LogP contribution in [0.15, 0.2) is 41.3 Å². The molecule has 0 atom stereocenters. The fourth-order valence-corrected chi connectivity index (χ4v) is 3.24. The molecule has 0 amide bonds. The van der Waals surface area contributed by atoms with Gasteiger partial charge in [0.05, 0.1) is 10.6 Å². The van der Waals surface area contributed by atoms with E-state index in [4.69, 9.17) is 17.3 Å². The van der Waals surface area contributed by atoms with Crippen LogP contribution in [-0.4, -0.2) is 8.42 Å². The zero-order valence-corrected chi connectivity index (χ0v) is 12.7. The van der Waals surface area contributed by atoms with Crippen molar-refractivity contribution in [2.75, 3.05) is 10.5 Å². The normalized spacial score (nSPS) is 11.3. The second-order valence-corrected chi connectivity index (χ2v) is 6.65. The Kier molecular flexibility index (Phi) is 3.92. The molecule has 0 unspecified atom stereocenters. The number of halogens is 1. The highest BCUT2D eigenvalue weighted by Crippen LogP contribution is 2.27. The first-order valence-corrected chi connectivity index (χ1v) is 7.81. The maximum Gasteiger partial charge on any atom is 0.261 e. The van der Waals surface area contributed by atoms with E-state index in [1.54, 1.807) is 31.2 Å². The lowest BCUT2D eigenvalue weighted by molar-refractivity contribution is 0.601. The lowest BCUT2D eigenvalue weighted by Crippen LogP contribution is -2.14. The van der Waals surface area contributed by atoms with Crippen LogP contribution in [-0.2, 0) is 10.0 Å². The number of hydrogen-bond acceptors (Lipinski definition) is 3. The summed E-state index contributed by atoms with van der Waals surface area (Å²) in [6.45, 7) is 3.65. The molecule has 0 bridgehead atoms. The first kappa shape index (κ1) is 14.7. The van der Waals surface area contributed by atoms with Gasteiger partial charge >= 0.3 is 0 Å². The monoisotopic (exact) mass is 310 g/mol. The van der Waals surface area contributed by atoms with Crippen LogP contribution in [0, 0.1) is 13.8 Å². The Labute approximate surface area is 123 Å². The second-order valence-electron chi connectivity index (χ2n) is 4.53. The maximum absolute atomic E-state index is 12.3. The summed E-state index contributed by atoms with van der Waals surface area (Å²) in [4.78, 5) is 0.114. The molecule has 0 saturated carbocycles. The third-order valence-electron chi connectivity index (χ3n) is 3.08. The summed E-state index contributed by atoms with van der Waals surface area (Å²) in [6, 6.07) is 9.57. The minimum atomic E-state index is -3.68. The van der Waals surface area contributed by atoms with Gasteiger partial charge in [-0.25, -0.2) is 8.42 Å². The van der Waals surface area contributed by atoms with Crippen molar-refractivity contribution >= 4 is 33.0 Å². The molecule has 106 valence electrons. The number of rotatable bonds is 3. The quantitative estimate of drug-likeness (QED) is 0.854. The number of nitrogen functional groups attached to an aromatic ring is 1. The van der Waals surface area contributed by atoms with Crippen molar-refractivity contribution < 1.29 is 8.42 Å². The molecule has 0 aliphatic rings. The van der Waals surface area contributed by atoms with Gasteiger partial charge in [0.25, 0.3) is 10.0 Å². The third-order valence-corrected chi connectivity index (χ3v) is 4.68. The summed E-state index contributed by atoms with van der Waals surface area (Å²) >= 11 is 5.82. The van der Waals surface area contributed by atoms with Crippen LogP contribution < -0.4 is 10.5 Å². The number of anilines is 2. The van der Waals surface area contributed by atoms with Crippen molar-refractivity contribution in [1.29, 1.82) is 0 Å². The van der Waals surface area contributed by atoms with Crippen LogP contribution in [0.1, 0.15) is 11.1 Å². The lowest BCUT2D eigenvalue weighted by atomic mass is 10.1. The van der Waals surface area contributed by atoms with Crippen LogP contribution in [0.5, 0.6) is 0 Å². The summed E-state index contributed by atoms with van der Waals surface area (Å²) in [5.41, 5.74) is 8.57. The van der Waals surface area contributed by atoms with E-state index in [9.17, 15) is 8.42 Å². The molecular formula is C14H15ClN2O2S. The Balaban J connectivity index is 2.41. The van der Waals surface area contributed by atoms with Crippen molar-refractivity contribution in [2.45, 2.75) is 18.7 Å². The standard InChI is InChI=1S/C14H15ClN2O2S/c1-9-6-7-13(10(2)14(9)16)17-20(18,19)12-5-3-4-11(15)8-12/h3-8,17H,16H2,1-2H3. The SMILES string of the molecule is Cc1ccc(NS(=O)(=O)c2cccc(Cl)c2)c(C)c1N. The smallest absolute Gasteiger partial charge is 0.261 e. The minimum Gasteiger partial charge on any atom is -0.398 e. The molecule has 0 radical (unpaired) electrons. The first-order chi connectivity index (χ1) is 9.31. The zero-order chi connectivity index (χ0) is 14.9. The Hall–Kier alpha value is -1.72. The van der Waals surface area contributed by atoms with E-state index in [0.29, 0.717) is 22.0 Å². The Morgan fingerprint density at radius 1 is 1.15 bits per heavy atom. The maximum atomic E-state index is 12.3. The van der Waals surface area contributed by atoms with Crippen molar-refractivity contribution in [3.8, 4) is 0 Å². The van der Waals surface area contributed by atoms with Gasteiger partial charge in [-0.2, -0.15) is 0 Å². The van der Waals surface area contributed by atoms with Gasteiger partial charge < -0.3 is 5.73 Å².